The SMILES string of the molecule is COc1cccc2oc3cc(C)cc(C(=O)O)c3c(=O)c12. The Bertz CT molecular complexity index is 937. The van der Waals surface area contributed by atoms with Gasteiger partial charge >= 0.3 is 5.97 Å². The summed E-state index contributed by atoms with van der Waals surface area (Å²) in [6.45, 7) is 1.75. The quantitative estimate of drug-likeness (QED) is 0.732. The fourth-order valence-electron chi connectivity index (χ4n) is 2.47. The van der Waals surface area contributed by atoms with Crippen LogP contribution in [0.15, 0.2) is 39.5 Å². The Hall–Kier alpha value is -2.82. The molecule has 3 rings (SSSR count). The van der Waals surface area contributed by atoms with Crippen LogP contribution in [-0.2, 0) is 0 Å². The van der Waals surface area contributed by atoms with Gasteiger partial charge in [0, 0.05) is 0 Å². The molecule has 0 atom stereocenters. The predicted octanol–water partition coefficient (Wildman–Crippen LogP) is 2.96. The summed E-state index contributed by atoms with van der Waals surface area (Å²) < 4.78 is 10.9. The highest BCUT2D eigenvalue weighted by molar-refractivity contribution is 6.05. The maximum absolute atomic E-state index is 12.7. The molecule has 0 spiro atoms. The monoisotopic (exact) mass is 284 g/mol. The number of rotatable bonds is 2. The smallest absolute Gasteiger partial charge is 0.336 e. The van der Waals surface area contributed by atoms with Gasteiger partial charge in [0.15, 0.2) is 0 Å². The van der Waals surface area contributed by atoms with Crippen LogP contribution in [0.3, 0.4) is 0 Å². The first-order valence-electron chi connectivity index (χ1n) is 6.30. The first-order valence-corrected chi connectivity index (χ1v) is 6.30. The van der Waals surface area contributed by atoms with E-state index in [1.807, 2.05) is 0 Å². The van der Waals surface area contributed by atoms with E-state index in [1.54, 1.807) is 31.2 Å². The third-order valence-corrected chi connectivity index (χ3v) is 3.36. The molecule has 0 saturated heterocycles. The van der Waals surface area contributed by atoms with Crippen LogP contribution >= 0.6 is 0 Å². The maximum atomic E-state index is 12.7. The van der Waals surface area contributed by atoms with Crippen molar-refractivity contribution >= 4 is 27.9 Å². The molecule has 0 radical (unpaired) electrons. The van der Waals surface area contributed by atoms with Crippen LogP contribution in [0.2, 0.25) is 0 Å². The molecule has 1 heterocycles. The molecule has 1 aromatic heterocycles. The van der Waals surface area contributed by atoms with Gasteiger partial charge in [0.05, 0.1) is 18.1 Å². The number of aryl methyl sites for hydroxylation is 1. The third-order valence-electron chi connectivity index (χ3n) is 3.36. The number of benzene rings is 2. The van der Waals surface area contributed by atoms with Crippen molar-refractivity contribution in [2.45, 2.75) is 6.92 Å². The van der Waals surface area contributed by atoms with Crippen molar-refractivity contribution in [1.29, 1.82) is 0 Å². The molecule has 0 amide bonds. The number of carbonyl (C=O) groups is 1. The Balaban J connectivity index is 2.61. The summed E-state index contributed by atoms with van der Waals surface area (Å²) in [6, 6.07) is 8.12. The molecular weight excluding hydrogens is 272 g/mol. The number of hydrogen-bond donors (Lipinski definition) is 1. The van der Waals surface area contributed by atoms with Crippen molar-refractivity contribution in [3.63, 3.8) is 0 Å². The van der Waals surface area contributed by atoms with E-state index >= 15 is 0 Å². The molecule has 2 aromatic carbocycles. The number of ether oxygens (including phenoxy) is 1. The van der Waals surface area contributed by atoms with Crippen molar-refractivity contribution in [3.8, 4) is 5.75 Å². The number of carboxylic acid groups (broad SMARTS) is 1. The summed E-state index contributed by atoms with van der Waals surface area (Å²) in [7, 11) is 1.45. The van der Waals surface area contributed by atoms with Gasteiger partial charge in [-0.15, -0.1) is 0 Å². The van der Waals surface area contributed by atoms with Crippen LogP contribution in [0.25, 0.3) is 21.9 Å². The Kier molecular flexibility index (Phi) is 2.90. The zero-order valence-electron chi connectivity index (χ0n) is 11.5. The van der Waals surface area contributed by atoms with Crippen molar-refractivity contribution in [2.24, 2.45) is 0 Å². The molecule has 0 saturated carbocycles. The summed E-state index contributed by atoms with van der Waals surface area (Å²) in [5, 5.41) is 9.63. The Morgan fingerprint density at radius 3 is 2.62 bits per heavy atom. The van der Waals surface area contributed by atoms with Crippen LogP contribution in [0, 0.1) is 6.92 Å². The Labute approximate surface area is 119 Å². The summed E-state index contributed by atoms with van der Waals surface area (Å²) in [6.07, 6.45) is 0. The highest BCUT2D eigenvalue weighted by atomic mass is 16.5. The van der Waals surface area contributed by atoms with Gasteiger partial charge in [-0.25, -0.2) is 4.79 Å². The minimum Gasteiger partial charge on any atom is -0.496 e. The zero-order valence-corrected chi connectivity index (χ0v) is 11.5. The first kappa shape index (κ1) is 13.2. The van der Waals surface area contributed by atoms with Gasteiger partial charge in [0.25, 0.3) is 0 Å². The third kappa shape index (κ3) is 1.94. The summed E-state index contributed by atoms with van der Waals surface area (Å²) in [4.78, 5) is 24.1. The minimum atomic E-state index is -1.16. The lowest BCUT2D eigenvalue weighted by Gasteiger charge is -2.08. The number of hydrogen-bond acceptors (Lipinski definition) is 4. The van der Waals surface area contributed by atoms with Gasteiger partial charge in [-0.1, -0.05) is 6.07 Å². The highest BCUT2D eigenvalue weighted by Gasteiger charge is 2.18. The molecule has 106 valence electrons. The highest BCUT2D eigenvalue weighted by Crippen LogP contribution is 2.28. The van der Waals surface area contributed by atoms with Gasteiger partial charge in [0.1, 0.15) is 22.3 Å². The second-order valence-corrected chi connectivity index (χ2v) is 4.76. The molecule has 1 N–H and O–H groups in total. The summed E-state index contributed by atoms with van der Waals surface area (Å²) in [5.41, 5.74) is 0.880. The zero-order chi connectivity index (χ0) is 15.1. The average molecular weight is 284 g/mol. The van der Waals surface area contributed by atoms with Crippen LogP contribution in [0.5, 0.6) is 5.75 Å². The van der Waals surface area contributed by atoms with Gasteiger partial charge in [0.2, 0.25) is 5.43 Å². The average Bonchev–Trinajstić information content (AvgIpc) is 2.45. The lowest BCUT2D eigenvalue weighted by atomic mass is 10.0. The normalized spacial score (nSPS) is 11.0. The second kappa shape index (κ2) is 4.63. The van der Waals surface area contributed by atoms with Crippen molar-refractivity contribution in [2.75, 3.05) is 7.11 Å². The van der Waals surface area contributed by atoms with Crippen LogP contribution in [0.4, 0.5) is 0 Å². The van der Waals surface area contributed by atoms with E-state index in [1.165, 1.54) is 13.2 Å². The van der Waals surface area contributed by atoms with Gasteiger partial charge in [-0.05, 0) is 36.8 Å². The second-order valence-electron chi connectivity index (χ2n) is 4.76. The van der Waals surface area contributed by atoms with E-state index in [4.69, 9.17) is 9.15 Å². The number of carboxylic acids is 1. The fraction of sp³-hybridized carbons (Fsp3) is 0.125. The molecular formula is C16H12O5. The van der Waals surface area contributed by atoms with E-state index in [0.29, 0.717) is 16.9 Å². The lowest BCUT2D eigenvalue weighted by molar-refractivity contribution is 0.0698. The van der Waals surface area contributed by atoms with Gasteiger partial charge < -0.3 is 14.3 Å². The lowest BCUT2D eigenvalue weighted by Crippen LogP contribution is -2.10. The molecule has 3 aromatic rings. The molecule has 0 fully saturated rings. The largest absolute Gasteiger partial charge is 0.496 e. The molecule has 5 nitrogen and oxygen atoms in total. The molecule has 0 aliphatic heterocycles. The van der Waals surface area contributed by atoms with E-state index < -0.39 is 11.4 Å². The maximum Gasteiger partial charge on any atom is 0.336 e. The number of aromatic carboxylic acids is 1. The van der Waals surface area contributed by atoms with Crippen molar-refractivity contribution in [3.05, 3.63) is 51.7 Å². The molecule has 5 heteroatoms. The number of methoxy groups -OCH3 is 1. The van der Waals surface area contributed by atoms with Crippen molar-refractivity contribution in [1.82, 2.24) is 0 Å². The molecule has 0 bridgehead atoms. The summed E-state index contributed by atoms with van der Waals surface area (Å²) in [5.74, 6) is -0.801. The van der Waals surface area contributed by atoms with E-state index in [2.05, 4.69) is 0 Å². The van der Waals surface area contributed by atoms with Gasteiger partial charge in [-0.3, -0.25) is 4.79 Å². The van der Waals surface area contributed by atoms with Crippen LogP contribution < -0.4 is 10.2 Å². The summed E-state index contributed by atoms with van der Waals surface area (Å²) >= 11 is 0. The number of fused-ring (bicyclic) bond motifs is 2. The molecule has 0 unspecified atom stereocenters. The predicted molar refractivity (Wildman–Crippen MR) is 78.2 cm³/mol. The fourth-order valence-corrected chi connectivity index (χ4v) is 2.47. The van der Waals surface area contributed by atoms with E-state index in [-0.39, 0.29) is 21.9 Å². The Morgan fingerprint density at radius 2 is 1.95 bits per heavy atom. The molecule has 0 aliphatic rings. The topological polar surface area (TPSA) is 76.7 Å². The van der Waals surface area contributed by atoms with Crippen LogP contribution in [0.1, 0.15) is 15.9 Å². The van der Waals surface area contributed by atoms with Crippen molar-refractivity contribution < 1.29 is 19.1 Å². The molecule has 0 aliphatic carbocycles. The first-order chi connectivity index (χ1) is 10.0. The van der Waals surface area contributed by atoms with E-state index in [9.17, 15) is 14.7 Å². The van der Waals surface area contributed by atoms with E-state index in [0.717, 1.165) is 0 Å². The Morgan fingerprint density at radius 1 is 1.19 bits per heavy atom. The minimum absolute atomic E-state index is 0.0603. The van der Waals surface area contributed by atoms with Crippen LogP contribution in [-0.4, -0.2) is 18.2 Å². The molecule has 21 heavy (non-hydrogen) atoms. The van der Waals surface area contributed by atoms with Gasteiger partial charge in [-0.2, -0.15) is 0 Å². The standard InChI is InChI=1S/C16H12O5/c1-8-6-9(16(18)19)13-12(7-8)21-11-5-3-4-10(20-2)14(11)15(13)17/h3-7H,1-2H3,(H,18,19).